The van der Waals surface area contributed by atoms with Crippen LogP contribution in [0.15, 0.2) is 34.7 Å². The fourth-order valence-electron chi connectivity index (χ4n) is 1.80. The van der Waals surface area contributed by atoms with E-state index >= 15 is 0 Å². The maximum Gasteiger partial charge on any atom is 0.323 e. The Labute approximate surface area is 137 Å². The van der Waals surface area contributed by atoms with Crippen LogP contribution in [-0.2, 0) is 22.6 Å². The molecule has 0 aliphatic carbocycles. The maximum atomic E-state index is 11.3. The molecular weight excluding hydrogens is 329 g/mol. The highest BCUT2D eigenvalue weighted by Crippen LogP contribution is 2.28. The van der Waals surface area contributed by atoms with Gasteiger partial charge in [0.15, 0.2) is 0 Å². The Bertz CT molecular complexity index is 657. The Morgan fingerprint density at radius 3 is 2.73 bits per heavy atom. The van der Waals surface area contributed by atoms with Crippen LogP contribution in [0.3, 0.4) is 0 Å². The minimum absolute atomic E-state index is 0.188. The topological polar surface area (TPSA) is 74.7 Å². The summed E-state index contributed by atoms with van der Waals surface area (Å²) in [6.45, 7) is 0.188. The molecule has 1 heterocycles. The SMILES string of the molecule is COC(=O)C(N)Cc1ccc(COc2cc(Cl)ccc2Cl)o1. The normalized spacial score (nSPS) is 12.0. The maximum absolute atomic E-state index is 11.3. The van der Waals surface area contributed by atoms with Gasteiger partial charge in [0.05, 0.1) is 12.1 Å². The number of benzene rings is 1. The molecule has 0 spiro atoms. The average Bonchev–Trinajstić information content (AvgIpc) is 2.94. The second-order valence-electron chi connectivity index (χ2n) is 4.57. The molecule has 0 saturated heterocycles. The van der Waals surface area contributed by atoms with Crippen LogP contribution in [0.25, 0.3) is 0 Å². The summed E-state index contributed by atoms with van der Waals surface area (Å²) in [5.41, 5.74) is 5.67. The summed E-state index contributed by atoms with van der Waals surface area (Å²) in [6.07, 6.45) is 0.255. The van der Waals surface area contributed by atoms with Crippen molar-refractivity contribution in [2.24, 2.45) is 5.73 Å². The number of carbonyl (C=O) groups excluding carboxylic acids is 1. The van der Waals surface area contributed by atoms with Gasteiger partial charge in [-0.15, -0.1) is 0 Å². The highest BCUT2D eigenvalue weighted by atomic mass is 35.5. The number of furan rings is 1. The Morgan fingerprint density at radius 2 is 2.00 bits per heavy atom. The van der Waals surface area contributed by atoms with Crippen molar-refractivity contribution >= 4 is 29.2 Å². The summed E-state index contributed by atoms with van der Waals surface area (Å²) in [4.78, 5) is 11.3. The minimum Gasteiger partial charge on any atom is -0.484 e. The molecule has 7 heteroatoms. The van der Waals surface area contributed by atoms with Crippen molar-refractivity contribution in [3.63, 3.8) is 0 Å². The molecule has 0 radical (unpaired) electrons. The quantitative estimate of drug-likeness (QED) is 0.815. The van der Waals surface area contributed by atoms with Gasteiger partial charge in [-0.2, -0.15) is 0 Å². The minimum atomic E-state index is -0.757. The first-order valence-corrected chi connectivity index (χ1v) is 7.24. The molecular formula is C15H15Cl2NO4. The number of hydrogen-bond donors (Lipinski definition) is 1. The lowest BCUT2D eigenvalue weighted by Gasteiger charge is -2.08. The molecule has 2 aromatic rings. The third-order valence-corrected chi connectivity index (χ3v) is 3.45. The summed E-state index contributed by atoms with van der Waals surface area (Å²) >= 11 is 11.9. The summed E-state index contributed by atoms with van der Waals surface area (Å²) < 4.78 is 15.7. The molecule has 2 rings (SSSR count). The molecule has 5 nitrogen and oxygen atoms in total. The molecule has 0 aliphatic heterocycles. The molecule has 22 heavy (non-hydrogen) atoms. The van der Waals surface area contributed by atoms with E-state index in [0.717, 1.165) is 0 Å². The number of methoxy groups -OCH3 is 1. The zero-order valence-corrected chi connectivity index (χ0v) is 13.4. The van der Waals surface area contributed by atoms with Crippen LogP contribution in [0.2, 0.25) is 10.0 Å². The van der Waals surface area contributed by atoms with Crippen LogP contribution in [0.5, 0.6) is 5.75 Å². The van der Waals surface area contributed by atoms with Crippen molar-refractivity contribution in [2.75, 3.05) is 7.11 Å². The van der Waals surface area contributed by atoms with E-state index in [0.29, 0.717) is 27.3 Å². The van der Waals surface area contributed by atoms with E-state index in [-0.39, 0.29) is 13.0 Å². The lowest BCUT2D eigenvalue weighted by Crippen LogP contribution is -2.33. The molecule has 0 aliphatic rings. The van der Waals surface area contributed by atoms with Gasteiger partial charge >= 0.3 is 5.97 Å². The van der Waals surface area contributed by atoms with Gasteiger partial charge in [-0.3, -0.25) is 4.79 Å². The van der Waals surface area contributed by atoms with Gasteiger partial charge in [0, 0.05) is 17.5 Å². The molecule has 0 fully saturated rings. The van der Waals surface area contributed by atoms with Gasteiger partial charge in [0.1, 0.15) is 29.9 Å². The highest BCUT2D eigenvalue weighted by Gasteiger charge is 2.16. The third-order valence-electron chi connectivity index (χ3n) is 2.91. The van der Waals surface area contributed by atoms with Gasteiger partial charge in [-0.1, -0.05) is 23.2 Å². The predicted octanol–water partition coefficient (Wildman–Crippen LogP) is 3.21. The number of hydrogen-bond acceptors (Lipinski definition) is 5. The molecule has 0 amide bonds. The summed E-state index contributed by atoms with van der Waals surface area (Å²) in [7, 11) is 1.29. The first-order chi connectivity index (χ1) is 10.5. The number of rotatable bonds is 6. The average molecular weight is 344 g/mol. The van der Waals surface area contributed by atoms with E-state index in [9.17, 15) is 4.79 Å². The van der Waals surface area contributed by atoms with Crippen LogP contribution in [-0.4, -0.2) is 19.1 Å². The van der Waals surface area contributed by atoms with E-state index in [2.05, 4.69) is 4.74 Å². The number of esters is 1. The Hall–Kier alpha value is -1.69. The fraction of sp³-hybridized carbons (Fsp3) is 0.267. The van der Waals surface area contributed by atoms with Crippen LogP contribution in [0, 0.1) is 0 Å². The van der Waals surface area contributed by atoms with Crippen LogP contribution < -0.4 is 10.5 Å². The fourth-order valence-corrected chi connectivity index (χ4v) is 2.13. The lowest BCUT2D eigenvalue weighted by molar-refractivity contribution is -0.142. The number of carbonyl (C=O) groups is 1. The van der Waals surface area contributed by atoms with E-state index < -0.39 is 12.0 Å². The van der Waals surface area contributed by atoms with Gasteiger partial charge in [-0.05, 0) is 24.3 Å². The smallest absolute Gasteiger partial charge is 0.323 e. The summed E-state index contributed by atoms with van der Waals surface area (Å²) in [6, 6.07) is 7.69. The van der Waals surface area contributed by atoms with Crippen molar-refractivity contribution in [1.82, 2.24) is 0 Å². The molecule has 1 aromatic heterocycles. The zero-order chi connectivity index (χ0) is 16.1. The molecule has 1 atom stereocenters. The monoisotopic (exact) mass is 343 g/mol. The molecule has 1 aromatic carbocycles. The molecule has 0 bridgehead atoms. The second kappa shape index (κ2) is 7.54. The van der Waals surface area contributed by atoms with Gasteiger partial charge in [-0.25, -0.2) is 0 Å². The predicted molar refractivity (Wildman–Crippen MR) is 83.2 cm³/mol. The molecule has 118 valence electrons. The second-order valence-corrected chi connectivity index (χ2v) is 5.41. The van der Waals surface area contributed by atoms with Gasteiger partial charge in [0.25, 0.3) is 0 Å². The first-order valence-electron chi connectivity index (χ1n) is 6.48. The Kier molecular flexibility index (Phi) is 5.71. The lowest BCUT2D eigenvalue weighted by atomic mass is 10.2. The van der Waals surface area contributed by atoms with Crippen molar-refractivity contribution in [3.8, 4) is 5.75 Å². The van der Waals surface area contributed by atoms with E-state index in [4.69, 9.17) is 38.1 Å². The zero-order valence-electron chi connectivity index (χ0n) is 11.8. The van der Waals surface area contributed by atoms with E-state index in [1.54, 1.807) is 30.3 Å². The van der Waals surface area contributed by atoms with E-state index in [1.165, 1.54) is 7.11 Å². The largest absolute Gasteiger partial charge is 0.484 e. The number of nitrogens with two attached hydrogens (primary N) is 1. The third kappa shape index (κ3) is 4.40. The molecule has 2 N–H and O–H groups in total. The van der Waals surface area contributed by atoms with E-state index in [1.807, 2.05) is 0 Å². The van der Waals surface area contributed by atoms with Crippen molar-refractivity contribution < 1.29 is 18.7 Å². The standard InChI is InChI=1S/C15H15Cl2NO4/c1-20-15(19)13(18)7-10-3-4-11(22-10)8-21-14-6-9(16)2-5-12(14)17/h2-6,13H,7-8,18H2,1H3. The molecule has 1 unspecified atom stereocenters. The summed E-state index contributed by atoms with van der Waals surface area (Å²) in [5.74, 6) is 1.15. The Balaban J connectivity index is 1.95. The van der Waals surface area contributed by atoms with Gasteiger partial charge in [0.2, 0.25) is 0 Å². The van der Waals surface area contributed by atoms with Crippen molar-refractivity contribution in [3.05, 3.63) is 51.9 Å². The number of ether oxygens (including phenoxy) is 2. The van der Waals surface area contributed by atoms with Crippen molar-refractivity contribution in [1.29, 1.82) is 0 Å². The number of halogens is 2. The Morgan fingerprint density at radius 1 is 1.27 bits per heavy atom. The highest BCUT2D eigenvalue weighted by molar-refractivity contribution is 6.34. The van der Waals surface area contributed by atoms with Crippen molar-refractivity contribution in [2.45, 2.75) is 19.1 Å². The summed E-state index contributed by atoms with van der Waals surface area (Å²) in [5, 5.41) is 0.993. The first kappa shape index (κ1) is 16.7. The van der Waals surface area contributed by atoms with Crippen LogP contribution in [0.4, 0.5) is 0 Å². The van der Waals surface area contributed by atoms with Crippen LogP contribution in [0.1, 0.15) is 11.5 Å². The molecule has 0 saturated carbocycles. The van der Waals surface area contributed by atoms with Crippen LogP contribution >= 0.6 is 23.2 Å². The van der Waals surface area contributed by atoms with Gasteiger partial charge < -0.3 is 19.6 Å².